The van der Waals surface area contributed by atoms with Gasteiger partial charge in [-0.25, -0.2) is 0 Å². The van der Waals surface area contributed by atoms with E-state index >= 15 is 0 Å². The standard InChI is InChI=1S/C12H21N3O2/c1-9(16)11(12(17)13-2)15-14-10-7-5-3-4-6-8-10/h10,14H,3-8H2,1-2H3,(H,13,17)/b15-11+. The number of ketones is 1. The Labute approximate surface area is 102 Å². The van der Waals surface area contributed by atoms with Gasteiger partial charge in [-0.1, -0.05) is 25.7 Å². The van der Waals surface area contributed by atoms with Gasteiger partial charge in [0.1, 0.15) is 0 Å². The van der Waals surface area contributed by atoms with E-state index in [0.717, 1.165) is 12.8 Å². The zero-order valence-corrected chi connectivity index (χ0v) is 10.6. The van der Waals surface area contributed by atoms with E-state index in [1.165, 1.54) is 39.7 Å². The molecule has 0 atom stereocenters. The van der Waals surface area contributed by atoms with Crippen molar-refractivity contribution >= 4 is 17.4 Å². The Balaban J connectivity index is 2.58. The van der Waals surface area contributed by atoms with E-state index in [0.29, 0.717) is 0 Å². The molecule has 17 heavy (non-hydrogen) atoms. The molecule has 5 nitrogen and oxygen atoms in total. The van der Waals surface area contributed by atoms with Crippen LogP contribution in [0.5, 0.6) is 0 Å². The van der Waals surface area contributed by atoms with Crippen LogP contribution in [0.3, 0.4) is 0 Å². The van der Waals surface area contributed by atoms with Crippen LogP contribution < -0.4 is 10.7 Å². The first-order valence-corrected chi connectivity index (χ1v) is 6.21. The summed E-state index contributed by atoms with van der Waals surface area (Å²) in [5.41, 5.74) is 2.92. The fourth-order valence-corrected chi connectivity index (χ4v) is 1.97. The van der Waals surface area contributed by atoms with Gasteiger partial charge in [-0.3, -0.25) is 9.59 Å². The van der Waals surface area contributed by atoms with Crippen LogP contribution in [-0.4, -0.2) is 30.5 Å². The largest absolute Gasteiger partial charge is 0.354 e. The van der Waals surface area contributed by atoms with E-state index < -0.39 is 5.91 Å². The van der Waals surface area contributed by atoms with Crippen molar-refractivity contribution in [2.24, 2.45) is 5.10 Å². The van der Waals surface area contributed by atoms with E-state index in [-0.39, 0.29) is 17.5 Å². The Morgan fingerprint density at radius 2 is 1.71 bits per heavy atom. The molecule has 1 aliphatic carbocycles. The van der Waals surface area contributed by atoms with Crippen molar-refractivity contribution in [2.45, 2.75) is 51.5 Å². The minimum atomic E-state index is -0.432. The van der Waals surface area contributed by atoms with Crippen molar-refractivity contribution in [1.29, 1.82) is 0 Å². The van der Waals surface area contributed by atoms with Crippen molar-refractivity contribution < 1.29 is 9.59 Å². The van der Waals surface area contributed by atoms with Gasteiger partial charge in [-0.2, -0.15) is 5.10 Å². The number of carbonyl (C=O) groups is 2. The van der Waals surface area contributed by atoms with Crippen LogP contribution in [0.15, 0.2) is 5.10 Å². The van der Waals surface area contributed by atoms with Crippen molar-refractivity contribution in [3.05, 3.63) is 0 Å². The predicted molar refractivity (Wildman–Crippen MR) is 66.8 cm³/mol. The Morgan fingerprint density at radius 1 is 1.12 bits per heavy atom. The maximum absolute atomic E-state index is 11.4. The Kier molecular flexibility index (Phi) is 5.66. The number of rotatable bonds is 4. The van der Waals surface area contributed by atoms with Gasteiger partial charge in [0.05, 0.1) is 0 Å². The van der Waals surface area contributed by atoms with Gasteiger partial charge in [0, 0.05) is 20.0 Å². The third kappa shape index (κ3) is 4.54. The van der Waals surface area contributed by atoms with E-state index in [1.807, 2.05) is 0 Å². The summed E-state index contributed by atoms with van der Waals surface area (Å²) in [5.74, 6) is -0.746. The first-order valence-electron chi connectivity index (χ1n) is 6.21. The number of Topliss-reactive ketones (excluding diaryl/α,β-unsaturated/α-hetero) is 1. The van der Waals surface area contributed by atoms with Crippen LogP contribution in [0, 0.1) is 0 Å². The number of hydrogen-bond donors (Lipinski definition) is 2. The molecule has 1 amide bonds. The van der Waals surface area contributed by atoms with Crippen LogP contribution in [-0.2, 0) is 9.59 Å². The minimum absolute atomic E-state index is 0.0447. The maximum atomic E-state index is 11.4. The molecule has 0 unspecified atom stereocenters. The minimum Gasteiger partial charge on any atom is -0.354 e. The number of nitrogens with one attached hydrogen (secondary N) is 2. The molecule has 0 saturated heterocycles. The zero-order valence-electron chi connectivity index (χ0n) is 10.6. The van der Waals surface area contributed by atoms with Crippen molar-refractivity contribution in [2.75, 3.05) is 7.05 Å². The van der Waals surface area contributed by atoms with Crippen LogP contribution in [0.25, 0.3) is 0 Å². The van der Waals surface area contributed by atoms with E-state index in [9.17, 15) is 9.59 Å². The van der Waals surface area contributed by atoms with Gasteiger partial charge < -0.3 is 10.7 Å². The zero-order chi connectivity index (χ0) is 12.7. The summed E-state index contributed by atoms with van der Waals surface area (Å²) < 4.78 is 0. The second-order valence-corrected chi connectivity index (χ2v) is 4.41. The number of hydrazone groups is 1. The van der Waals surface area contributed by atoms with Crippen LogP contribution in [0.1, 0.15) is 45.4 Å². The molecule has 0 aromatic rings. The van der Waals surface area contributed by atoms with Crippen molar-refractivity contribution in [3.8, 4) is 0 Å². The molecule has 0 bridgehead atoms. The Morgan fingerprint density at radius 3 is 2.18 bits per heavy atom. The van der Waals surface area contributed by atoms with Gasteiger partial charge in [-0.05, 0) is 12.8 Å². The molecule has 1 saturated carbocycles. The van der Waals surface area contributed by atoms with Gasteiger partial charge in [-0.15, -0.1) is 0 Å². The highest BCUT2D eigenvalue weighted by molar-refractivity contribution is 6.65. The van der Waals surface area contributed by atoms with Gasteiger partial charge in [0.25, 0.3) is 5.91 Å². The highest BCUT2D eigenvalue weighted by atomic mass is 16.2. The highest BCUT2D eigenvalue weighted by Gasteiger charge is 2.16. The van der Waals surface area contributed by atoms with Gasteiger partial charge in [0.15, 0.2) is 11.5 Å². The number of nitrogens with zero attached hydrogens (tertiary/aromatic N) is 1. The summed E-state index contributed by atoms with van der Waals surface area (Å²) in [6, 6.07) is 0.288. The molecule has 5 heteroatoms. The lowest BCUT2D eigenvalue weighted by atomic mass is 10.1. The lowest BCUT2D eigenvalue weighted by molar-refractivity contribution is -0.117. The SMILES string of the molecule is CNC(=O)/C(=N/NC1CCCCCC1)C(C)=O. The number of amides is 1. The van der Waals surface area contributed by atoms with Gasteiger partial charge in [0.2, 0.25) is 0 Å². The first-order chi connectivity index (χ1) is 8.15. The lowest BCUT2D eigenvalue weighted by Gasteiger charge is -2.13. The predicted octanol–water partition coefficient (Wildman–Crippen LogP) is 0.990. The molecule has 96 valence electrons. The second-order valence-electron chi connectivity index (χ2n) is 4.41. The van der Waals surface area contributed by atoms with Crippen LogP contribution in [0.2, 0.25) is 0 Å². The van der Waals surface area contributed by atoms with Crippen molar-refractivity contribution in [1.82, 2.24) is 10.7 Å². The monoisotopic (exact) mass is 239 g/mol. The second kappa shape index (κ2) is 7.04. The molecule has 1 aliphatic rings. The third-order valence-electron chi connectivity index (χ3n) is 2.99. The Bertz CT molecular complexity index is 305. The Hall–Kier alpha value is -1.39. The molecule has 0 aromatic carbocycles. The first kappa shape index (κ1) is 13.7. The van der Waals surface area contributed by atoms with Crippen molar-refractivity contribution in [3.63, 3.8) is 0 Å². The fourth-order valence-electron chi connectivity index (χ4n) is 1.97. The average molecular weight is 239 g/mol. The molecular formula is C12H21N3O2. The summed E-state index contributed by atoms with van der Waals surface area (Å²) >= 11 is 0. The average Bonchev–Trinajstić information content (AvgIpc) is 2.57. The van der Waals surface area contributed by atoms with E-state index in [2.05, 4.69) is 15.8 Å². The molecule has 0 spiro atoms. The molecule has 1 rings (SSSR count). The van der Waals surface area contributed by atoms with E-state index in [4.69, 9.17) is 0 Å². The third-order valence-corrected chi connectivity index (χ3v) is 2.99. The van der Waals surface area contributed by atoms with Crippen LogP contribution in [0.4, 0.5) is 0 Å². The molecular weight excluding hydrogens is 218 g/mol. The topological polar surface area (TPSA) is 70.6 Å². The summed E-state index contributed by atoms with van der Waals surface area (Å²) in [4.78, 5) is 22.6. The summed E-state index contributed by atoms with van der Waals surface area (Å²) in [7, 11) is 1.49. The highest BCUT2D eigenvalue weighted by Crippen LogP contribution is 2.17. The summed E-state index contributed by atoms with van der Waals surface area (Å²) in [5, 5.41) is 6.38. The summed E-state index contributed by atoms with van der Waals surface area (Å²) in [6.45, 7) is 1.35. The number of carbonyl (C=O) groups excluding carboxylic acids is 2. The molecule has 0 aliphatic heterocycles. The molecule has 2 N–H and O–H groups in total. The molecule has 0 aromatic heterocycles. The number of hydrogen-bond acceptors (Lipinski definition) is 4. The van der Waals surface area contributed by atoms with Gasteiger partial charge >= 0.3 is 0 Å². The smallest absolute Gasteiger partial charge is 0.275 e. The summed E-state index contributed by atoms with van der Waals surface area (Å²) in [6.07, 6.45) is 7.00. The maximum Gasteiger partial charge on any atom is 0.275 e. The molecule has 1 fully saturated rings. The van der Waals surface area contributed by atoms with Crippen LogP contribution >= 0.6 is 0 Å². The normalized spacial score (nSPS) is 18.4. The lowest BCUT2D eigenvalue weighted by Crippen LogP contribution is -2.35. The quantitative estimate of drug-likeness (QED) is 0.332. The van der Waals surface area contributed by atoms with E-state index in [1.54, 1.807) is 0 Å². The molecule has 0 radical (unpaired) electrons. The fraction of sp³-hybridized carbons (Fsp3) is 0.750. The molecule has 0 heterocycles.